The molecule has 1 N–H and O–H groups in total. The molecule has 0 aromatic heterocycles. The molecule has 6 nitrogen and oxygen atoms in total. The predicted molar refractivity (Wildman–Crippen MR) is 60.0 cm³/mol. The van der Waals surface area contributed by atoms with E-state index in [-0.39, 0.29) is 5.69 Å². The lowest BCUT2D eigenvalue weighted by molar-refractivity contribution is -0.384. The van der Waals surface area contributed by atoms with Gasteiger partial charge in [-0.3, -0.25) is 10.1 Å². The van der Waals surface area contributed by atoms with Gasteiger partial charge in [-0.2, -0.15) is 0 Å². The molecule has 0 aliphatic rings. The van der Waals surface area contributed by atoms with Crippen molar-refractivity contribution in [3.8, 4) is 5.75 Å². The number of benzene rings is 1. The number of nitro groups is 1. The van der Waals surface area contributed by atoms with Crippen LogP contribution in [0.1, 0.15) is 0 Å². The van der Waals surface area contributed by atoms with Crippen molar-refractivity contribution < 1.29 is 14.4 Å². The predicted octanol–water partition coefficient (Wildman–Crippen LogP) is 1.66. The molecular formula is C10H14N2O4. The van der Waals surface area contributed by atoms with Gasteiger partial charge in [0.2, 0.25) is 0 Å². The summed E-state index contributed by atoms with van der Waals surface area (Å²) in [5.74, 6) is 0.453. The van der Waals surface area contributed by atoms with Crippen molar-refractivity contribution in [2.24, 2.45) is 0 Å². The Morgan fingerprint density at radius 3 is 2.69 bits per heavy atom. The molecule has 0 fully saturated rings. The third-order valence-corrected chi connectivity index (χ3v) is 1.97. The smallest absolute Gasteiger partial charge is 0.275 e. The van der Waals surface area contributed by atoms with E-state index in [0.717, 1.165) is 0 Å². The molecule has 0 spiro atoms. The first-order chi connectivity index (χ1) is 7.67. The Balaban J connectivity index is 2.82. The molecule has 0 atom stereocenters. The van der Waals surface area contributed by atoms with Crippen LogP contribution in [0.3, 0.4) is 0 Å². The molecule has 0 bridgehead atoms. The summed E-state index contributed by atoms with van der Waals surface area (Å²) < 4.78 is 9.85. The largest absolute Gasteiger partial charge is 0.496 e. The van der Waals surface area contributed by atoms with Gasteiger partial charge in [-0.25, -0.2) is 0 Å². The molecule has 1 rings (SSSR count). The molecule has 6 heteroatoms. The average Bonchev–Trinajstić information content (AvgIpc) is 2.29. The molecule has 0 amide bonds. The van der Waals surface area contributed by atoms with Crippen LogP contribution in [-0.4, -0.2) is 32.3 Å². The van der Waals surface area contributed by atoms with Crippen molar-refractivity contribution >= 4 is 11.4 Å². The van der Waals surface area contributed by atoms with Crippen LogP contribution in [0, 0.1) is 10.1 Å². The number of nitrogens with one attached hydrogen (secondary N) is 1. The minimum atomic E-state index is -0.454. The van der Waals surface area contributed by atoms with Gasteiger partial charge in [-0.05, 0) is 0 Å². The van der Waals surface area contributed by atoms with Crippen molar-refractivity contribution in [3.63, 3.8) is 0 Å². The highest BCUT2D eigenvalue weighted by Gasteiger charge is 2.09. The van der Waals surface area contributed by atoms with Gasteiger partial charge < -0.3 is 14.8 Å². The highest BCUT2D eigenvalue weighted by atomic mass is 16.6. The van der Waals surface area contributed by atoms with Crippen LogP contribution in [0.5, 0.6) is 5.75 Å². The molecule has 16 heavy (non-hydrogen) atoms. The van der Waals surface area contributed by atoms with Gasteiger partial charge in [0.15, 0.2) is 0 Å². The number of methoxy groups -OCH3 is 2. The lowest BCUT2D eigenvalue weighted by atomic mass is 10.2. The number of hydrogen-bond donors (Lipinski definition) is 1. The summed E-state index contributed by atoms with van der Waals surface area (Å²) in [5, 5.41) is 13.7. The van der Waals surface area contributed by atoms with E-state index in [1.165, 1.54) is 19.2 Å². The highest BCUT2D eigenvalue weighted by Crippen LogP contribution is 2.25. The van der Waals surface area contributed by atoms with Gasteiger partial charge in [-0.15, -0.1) is 0 Å². The second-order valence-corrected chi connectivity index (χ2v) is 3.10. The third-order valence-electron chi connectivity index (χ3n) is 1.97. The summed E-state index contributed by atoms with van der Waals surface area (Å²) in [6, 6.07) is 4.53. The van der Waals surface area contributed by atoms with E-state index >= 15 is 0 Å². The van der Waals surface area contributed by atoms with E-state index in [9.17, 15) is 10.1 Å². The van der Waals surface area contributed by atoms with Gasteiger partial charge in [0, 0.05) is 31.5 Å². The van der Waals surface area contributed by atoms with Gasteiger partial charge in [0.1, 0.15) is 5.75 Å². The molecular weight excluding hydrogens is 212 g/mol. The number of ether oxygens (including phenoxy) is 2. The van der Waals surface area contributed by atoms with Gasteiger partial charge >= 0.3 is 0 Å². The zero-order valence-corrected chi connectivity index (χ0v) is 9.23. The first kappa shape index (κ1) is 12.3. The van der Waals surface area contributed by atoms with Crippen LogP contribution in [0.4, 0.5) is 11.4 Å². The van der Waals surface area contributed by atoms with E-state index in [1.54, 1.807) is 13.2 Å². The Bertz CT molecular complexity index is 368. The molecule has 1 aromatic carbocycles. The van der Waals surface area contributed by atoms with E-state index < -0.39 is 4.92 Å². The minimum Gasteiger partial charge on any atom is -0.496 e. The lowest BCUT2D eigenvalue weighted by Gasteiger charge is -2.07. The van der Waals surface area contributed by atoms with Crippen LogP contribution in [0.15, 0.2) is 18.2 Å². The van der Waals surface area contributed by atoms with Crippen molar-refractivity contribution in [2.45, 2.75) is 0 Å². The van der Waals surface area contributed by atoms with Crippen LogP contribution in [0.25, 0.3) is 0 Å². The van der Waals surface area contributed by atoms with E-state index in [2.05, 4.69) is 5.32 Å². The quantitative estimate of drug-likeness (QED) is 0.453. The van der Waals surface area contributed by atoms with Crippen molar-refractivity contribution in [3.05, 3.63) is 28.3 Å². The maximum Gasteiger partial charge on any atom is 0.275 e. The summed E-state index contributed by atoms with van der Waals surface area (Å²) in [6.07, 6.45) is 0. The second kappa shape index (κ2) is 5.92. The summed E-state index contributed by atoms with van der Waals surface area (Å²) in [6.45, 7) is 1.12. The molecule has 0 unspecified atom stereocenters. The molecule has 88 valence electrons. The Morgan fingerprint density at radius 2 is 2.12 bits per heavy atom. The van der Waals surface area contributed by atoms with Crippen molar-refractivity contribution in [1.82, 2.24) is 0 Å². The van der Waals surface area contributed by atoms with E-state index in [4.69, 9.17) is 9.47 Å². The zero-order chi connectivity index (χ0) is 12.0. The zero-order valence-electron chi connectivity index (χ0n) is 9.23. The van der Waals surface area contributed by atoms with Gasteiger partial charge in [0.25, 0.3) is 5.69 Å². The summed E-state index contributed by atoms with van der Waals surface area (Å²) in [4.78, 5) is 10.2. The van der Waals surface area contributed by atoms with Gasteiger partial charge in [-0.1, -0.05) is 0 Å². The number of anilines is 1. The molecule has 0 aliphatic heterocycles. The topological polar surface area (TPSA) is 73.6 Å². The first-order valence-corrected chi connectivity index (χ1v) is 4.73. The summed E-state index contributed by atoms with van der Waals surface area (Å²) in [5.41, 5.74) is 0.641. The molecule has 0 aliphatic carbocycles. The van der Waals surface area contributed by atoms with Gasteiger partial charge in [0.05, 0.1) is 24.7 Å². The van der Waals surface area contributed by atoms with Crippen molar-refractivity contribution in [1.29, 1.82) is 0 Å². The Morgan fingerprint density at radius 1 is 1.38 bits per heavy atom. The summed E-state index contributed by atoms with van der Waals surface area (Å²) in [7, 11) is 3.06. The maximum atomic E-state index is 10.6. The van der Waals surface area contributed by atoms with Crippen molar-refractivity contribution in [2.75, 3.05) is 32.7 Å². The van der Waals surface area contributed by atoms with Crippen LogP contribution in [-0.2, 0) is 4.74 Å². The Hall–Kier alpha value is -1.82. The molecule has 0 radical (unpaired) electrons. The monoisotopic (exact) mass is 226 g/mol. The highest BCUT2D eigenvalue weighted by molar-refractivity contribution is 5.56. The second-order valence-electron chi connectivity index (χ2n) is 3.10. The fraction of sp³-hybridized carbons (Fsp3) is 0.400. The number of nitro benzene ring substituents is 1. The van der Waals surface area contributed by atoms with Crippen LogP contribution < -0.4 is 10.1 Å². The lowest BCUT2D eigenvalue weighted by Crippen LogP contribution is -2.07. The number of rotatable bonds is 6. The number of nitrogens with zero attached hydrogens (tertiary/aromatic N) is 1. The van der Waals surface area contributed by atoms with E-state index in [0.29, 0.717) is 24.6 Å². The number of hydrogen-bond acceptors (Lipinski definition) is 5. The SMILES string of the molecule is COCCNc1cc(OC)cc([N+](=O)[O-])c1. The average molecular weight is 226 g/mol. The fourth-order valence-electron chi connectivity index (χ4n) is 1.21. The fourth-order valence-corrected chi connectivity index (χ4v) is 1.21. The molecule has 0 heterocycles. The maximum absolute atomic E-state index is 10.6. The van der Waals surface area contributed by atoms with Crippen LogP contribution in [0.2, 0.25) is 0 Å². The Kier molecular flexibility index (Phi) is 4.53. The number of non-ortho nitro benzene ring substituents is 1. The third kappa shape index (κ3) is 3.39. The molecule has 1 aromatic rings. The minimum absolute atomic E-state index is 0.000679. The normalized spacial score (nSPS) is 9.88. The van der Waals surface area contributed by atoms with E-state index in [1.807, 2.05) is 0 Å². The summed E-state index contributed by atoms with van der Waals surface area (Å²) >= 11 is 0. The Labute approximate surface area is 93.3 Å². The standard InChI is InChI=1S/C10H14N2O4/c1-15-4-3-11-8-5-9(12(13)14)7-10(6-8)16-2/h5-7,11H,3-4H2,1-2H3. The first-order valence-electron chi connectivity index (χ1n) is 4.73. The van der Waals surface area contributed by atoms with Crippen LogP contribution >= 0.6 is 0 Å². The molecule has 0 saturated heterocycles. The molecule has 0 saturated carbocycles.